The zero-order valence-corrected chi connectivity index (χ0v) is 36.8. The summed E-state index contributed by atoms with van der Waals surface area (Å²) in [5, 5.41) is 11.6. The fourth-order valence-electron chi connectivity index (χ4n) is 14.2. The third-order valence-electron chi connectivity index (χ3n) is 16.7. The molecule has 16 heteroatoms. The fraction of sp³-hybridized carbons (Fsp3) is 0.208. The minimum Gasteiger partial charge on any atom is -0.468 e. The van der Waals surface area contributed by atoms with Crippen molar-refractivity contribution in [3.05, 3.63) is 119 Å². The summed E-state index contributed by atoms with van der Waals surface area (Å²) in [6.07, 6.45) is 2.07. The molecule has 16 nitrogen and oxygen atoms in total. The van der Waals surface area contributed by atoms with Gasteiger partial charge in [0, 0.05) is 77.2 Å². The Morgan fingerprint density at radius 1 is 0.507 bits per heavy atom. The molecule has 8 heterocycles. The molecule has 10 aromatic rings. The van der Waals surface area contributed by atoms with Gasteiger partial charge in [-0.25, -0.2) is 4.79 Å². The predicted octanol–water partition coefficient (Wildman–Crippen LogP) is 6.40. The van der Waals surface area contributed by atoms with E-state index in [4.69, 9.17) is 21.9 Å². The number of hydrogen-bond acceptors (Lipinski definition) is 9. The molecule has 2 aliphatic carbocycles. The number of nitrogens with one attached hydrogen (secondary N) is 2. The van der Waals surface area contributed by atoms with Crippen LogP contribution in [0.5, 0.6) is 0 Å². The average Bonchev–Trinajstić information content (AvgIpc) is 4.22. The molecule has 4 aromatic heterocycles. The summed E-state index contributed by atoms with van der Waals surface area (Å²) >= 11 is 0. The smallest absolute Gasteiger partial charge is 0.328 e. The second kappa shape index (κ2) is 12.4. The van der Waals surface area contributed by atoms with Crippen LogP contribution in [0.2, 0.25) is 0 Å². The highest BCUT2D eigenvalue weighted by molar-refractivity contribution is 6.41. The van der Waals surface area contributed by atoms with E-state index in [9.17, 15) is 28.8 Å². The molecule has 6 aromatic carbocycles. The van der Waals surface area contributed by atoms with Crippen LogP contribution >= 0.6 is 0 Å². The first-order chi connectivity index (χ1) is 33.4. The molecule has 2 saturated carbocycles. The fourth-order valence-corrected chi connectivity index (χ4v) is 14.2. The first-order valence-corrected chi connectivity index (χ1v) is 23.1. The number of hydrogen-bond donors (Lipinski definition) is 5. The van der Waals surface area contributed by atoms with Crippen molar-refractivity contribution in [3.63, 3.8) is 0 Å². The number of para-hydroxylation sites is 4. The standard InChI is InChI=1S/C27H20N4O4.C26H19N5O3/c1-35-26(34)27(28)11-12-10-17(27)31-16-9-5-3-7-14(16)19-21-20(24(32)29-25(21)33)18-13-6-2-4-8-15(13)30(12)22(18)23(19)31;27-25(34)26(28)10-11-9-16(26)31-15-8-4-2-6-13(15)18-20-19(23(32)29-24(20)33)17-12-5-1-3-7-14(12)30(11)21(17)22(18)31/h2-9,12,17H,10-11,28H2,1H3,(H,29,32,33);1-8,11,16H,9-10,28H2,(H2,27,34)(H,29,32,33)/t12?,17?,27-;11?,16?,26-/m00/s1. The minimum atomic E-state index is -1.24. The van der Waals surface area contributed by atoms with Gasteiger partial charge in [-0.3, -0.25) is 34.6 Å². The largest absolute Gasteiger partial charge is 0.468 e. The third-order valence-corrected chi connectivity index (χ3v) is 16.7. The van der Waals surface area contributed by atoms with Gasteiger partial charge in [0.15, 0.2) is 0 Å². The van der Waals surface area contributed by atoms with Crippen molar-refractivity contribution in [2.75, 3.05) is 7.11 Å². The lowest BCUT2D eigenvalue weighted by Crippen LogP contribution is -2.55. The number of imide groups is 2. The van der Waals surface area contributed by atoms with Gasteiger partial charge in [-0.05, 0) is 49.9 Å². The van der Waals surface area contributed by atoms with Crippen molar-refractivity contribution in [2.45, 2.75) is 60.9 Å². The Hall–Kier alpha value is -8.34. The van der Waals surface area contributed by atoms with E-state index in [0.29, 0.717) is 47.9 Å². The number of nitrogens with zero attached hydrogens (tertiary/aromatic N) is 4. The molecule has 69 heavy (non-hydrogen) atoms. The van der Waals surface area contributed by atoms with Gasteiger partial charge in [0.2, 0.25) is 5.91 Å². The molecule has 4 unspecified atom stereocenters. The predicted molar refractivity (Wildman–Crippen MR) is 258 cm³/mol. The number of carbonyl (C=O) groups is 6. The van der Waals surface area contributed by atoms with Crippen LogP contribution in [0.3, 0.4) is 0 Å². The summed E-state index contributed by atoms with van der Waals surface area (Å²) < 4.78 is 14.0. The topological polar surface area (TPSA) is 233 Å². The van der Waals surface area contributed by atoms with Gasteiger partial charge in [-0.15, -0.1) is 0 Å². The van der Waals surface area contributed by atoms with Crippen molar-refractivity contribution in [3.8, 4) is 0 Å². The molecule has 0 saturated heterocycles. The molecular weight excluding hydrogens is 875 g/mol. The summed E-state index contributed by atoms with van der Waals surface area (Å²) in [4.78, 5) is 78.6. The zero-order valence-electron chi connectivity index (χ0n) is 36.8. The normalized spacial score (nSPS) is 24.9. The Balaban J connectivity index is 0.000000125. The summed E-state index contributed by atoms with van der Waals surface area (Å²) in [6, 6.07) is 30.6. The Morgan fingerprint density at radius 2 is 0.812 bits per heavy atom. The number of methoxy groups -OCH3 is 1. The average molecular weight is 914 g/mol. The quantitative estimate of drug-likeness (QED) is 0.0952. The molecule has 5 amide bonds. The second-order valence-corrected chi connectivity index (χ2v) is 19.7. The number of aromatic nitrogens is 4. The summed E-state index contributed by atoms with van der Waals surface area (Å²) in [5.41, 5.74) is 26.0. The van der Waals surface area contributed by atoms with E-state index < -0.39 is 34.8 Å². The van der Waals surface area contributed by atoms with Crippen LogP contribution in [-0.2, 0) is 14.3 Å². The lowest BCUT2D eigenvalue weighted by Gasteiger charge is -2.31. The number of carbonyl (C=O) groups excluding carboxylic acids is 6. The molecule has 6 atom stereocenters. The van der Waals surface area contributed by atoms with E-state index in [2.05, 4.69) is 28.9 Å². The molecule has 338 valence electrons. The van der Waals surface area contributed by atoms with Crippen LogP contribution in [-0.4, -0.2) is 72.0 Å². The summed E-state index contributed by atoms with van der Waals surface area (Å²) in [7, 11) is 1.37. The Morgan fingerprint density at radius 3 is 1.16 bits per heavy atom. The van der Waals surface area contributed by atoms with Crippen molar-refractivity contribution < 1.29 is 33.5 Å². The maximum atomic E-state index is 13.2. The highest BCUT2D eigenvalue weighted by Gasteiger charge is 2.57. The number of rotatable bonds is 2. The van der Waals surface area contributed by atoms with Gasteiger partial charge in [-0.1, -0.05) is 72.8 Å². The van der Waals surface area contributed by atoms with Gasteiger partial charge in [-0.2, -0.15) is 0 Å². The second-order valence-electron chi connectivity index (χ2n) is 19.7. The first kappa shape index (κ1) is 38.7. The summed E-state index contributed by atoms with van der Waals surface area (Å²) in [6.45, 7) is 0. The van der Waals surface area contributed by atoms with Gasteiger partial charge < -0.3 is 40.2 Å². The van der Waals surface area contributed by atoms with Crippen LogP contribution in [0.25, 0.3) is 87.2 Å². The van der Waals surface area contributed by atoms with E-state index in [-0.39, 0.29) is 36.0 Å². The van der Waals surface area contributed by atoms with Crippen molar-refractivity contribution in [1.82, 2.24) is 28.9 Å². The minimum absolute atomic E-state index is 0.0772. The van der Waals surface area contributed by atoms with Crippen LogP contribution < -0.4 is 27.8 Å². The molecular formula is C53H39N9O7. The number of esters is 1. The van der Waals surface area contributed by atoms with E-state index in [0.717, 1.165) is 87.2 Å². The molecule has 2 fully saturated rings. The van der Waals surface area contributed by atoms with Crippen molar-refractivity contribution in [1.29, 1.82) is 0 Å². The lowest BCUT2D eigenvalue weighted by atomic mass is 9.92. The zero-order chi connectivity index (χ0) is 46.9. The van der Waals surface area contributed by atoms with Gasteiger partial charge in [0.25, 0.3) is 23.6 Å². The Labute approximate surface area is 388 Å². The molecule has 16 rings (SSSR count). The van der Waals surface area contributed by atoms with E-state index in [1.165, 1.54) is 7.11 Å². The molecule has 4 bridgehead atoms. The van der Waals surface area contributed by atoms with E-state index in [1.807, 2.05) is 97.1 Å². The highest BCUT2D eigenvalue weighted by Crippen LogP contribution is 2.58. The highest BCUT2D eigenvalue weighted by atomic mass is 16.5. The van der Waals surface area contributed by atoms with E-state index >= 15 is 0 Å². The monoisotopic (exact) mass is 913 g/mol. The number of benzene rings is 6. The maximum absolute atomic E-state index is 13.2. The SMILES string of the molecule is COC(=O)[C@]1(N)CC2CC1n1c3ccccc3c3c4c(c5c6ccccc6n2c5c31)C(=O)NC4=O.NC(=O)[C@]1(N)CC2CC1n1c3ccccc3c3c4c(c5c6ccccc6n2c5c31)C(=O)NC4=O. The first-order valence-electron chi connectivity index (χ1n) is 23.1. The van der Waals surface area contributed by atoms with Gasteiger partial charge >= 0.3 is 5.97 Å². The number of primary amides is 1. The third kappa shape index (κ3) is 4.26. The van der Waals surface area contributed by atoms with Crippen LogP contribution in [0, 0.1) is 0 Å². The molecule has 0 spiro atoms. The van der Waals surface area contributed by atoms with Crippen molar-refractivity contribution in [2.24, 2.45) is 17.2 Å². The Kier molecular flexibility index (Phi) is 6.96. The number of nitrogens with two attached hydrogens (primary N) is 3. The molecule has 8 N–H and O–H groups in total. The van der Waals surface area contributed by atoms with Gasteiger partial charge in [0.1, 0.15) is 11.1 Å². The number of fused-ring (bicyclic) bond motifs is 26. The molecule has 4 aliphatic heterocycles. The lowest BCUT2D eigenvalue weighted by molar-refractivity contribution is -0.148. The number of ether oxygens (including phenoxy) is 1. The van der Waals surface area contributed by atoms with E-state index in [1.54, 1.807) is 0 Å². The molecule has 0 radical (unpaired) electrons. The number of amides is 5. The Bertz CT molecular complexity index is 4250. The van der Waals surface area contributed by atoms with Gasteiger partial charge in [0.05, 0.1) is 63.5 Å². The van der Waals surface area contributed by atoms with Crippen LogP contribution in [0.1, 0.15) is 91.3 Å². The maximum Gasteiger partial charge on any atom is 0.328 e. The van der Waals surface area contributed by atoms with Crippen LogP contribution in [0.4, 0.5) is 0 Å². The molecule has 6 aliphatic rings. The van der Waals surface area contributed by atoms with Crippen molar-refractivity contribution >= 4 is 123 Å². The summed E-state index contributed by atoms with van der Waals surface area (Å²) in [5.74, 6) is -2.51. The van der Waals surface area contributed by atoms with Crippen LogP contribution in [0.15, 0.2) is 97.1 Å².